The van der Waals surface area contributed by atoms with Crippen LogP contribution < -0.4 is 0 Å². The maximum atomic E-state index is 11.7. The van der Waals surface area contributed by atoms with Crippen molar-refractivity contribution in [1.29, 1.82) is 0 Å². The second kappa shape index (κ2) is 25.8. The van der Waals surface area contributed by atoms with Crippen molar-refractivity contribution >= 4 is 52.8 Å². The van der Waals surface area contributed by atoms with Crippen LogP contribution in [0.15, 0.2) is 25.3 Å². The van der Waals surface area contributed by atoms with Crippen LogP contribution in [0.1, 0.15) is 39.0 Å². The zero-order chi connectivity index (χ0) is 34.9. The molecular weight excluding hydrogens is 760 g/mol. The average molecular weight is 805 g/mol. The molecule has 2 aliphatic heterocycles. The number of hydrogen-bond acceptors (Lipinski definition) is 13. The Morgan fingerprint density at radius 1 is 0.978 bits per heavy atom. The van der Waals surface area contributed by atoms with E-state index in [-0.39, 0.29) is 44.0 Å². The Bertz CT molecular complexity index is 1050. The molecule has 0 bridgehead atoms. The van der Waals surface area contributed by atoms with Gasteiger partial charge in [0.2, 0.25) is 0 Å². The van der Waals surface area contributed by atoms with Crippen molar-refractivity contribution in [2.45, 2.75) is 62.8 Å². The second-order valence-corrected chi connectivity index (χ2v) is 19.8. The van der Waals surface area contributed by atoms with Gasteiger partial charge in [0.15, 0.2) is 0 Å². The van der Waals surface area contributed by atoms with Crippen molar-refractivity contribution in [1.82, 2.24) is 0 Å². The Hall–Kier alpha value is -1.29. The number of carbonyl (C=O) groups excluding carboxylic acids is 2. The van der Waals surface area contributed by atoms with Gasteiger partial charge in [-0.25, -0.2) is 0 Å². The summed E-state index contributed by atoms with van der Waals surface area (Å²) in [6, 6.07) is 0. The zero-order valence-electron chi connectivity index (χ0n) is 25.5. The Morgan fingerprint density at radius 3 is 1.87 bits per heavy atom. The molecule has 264 valence electrons. The van der Waals surface area contributed by atoms with Gasteiger partial charge in [0.1, 0.15) is 18.8 Å². The monoisotopic (exact) mass is 806 g/mol. The van der Waals surface area contributed by atoms with E-state index in [9.17, 15) is 44.7 Å². The standard InChI is InChI=1S/C12H20O5.C8H12O3.C2H2F3O2S.C2H5O2S.C2H6O.Sn/c1-2-3-4-12(14)16-6-5-10(13)7-15-8-11-9-17-11;1-2-3-4-8(9)11-6-7-5-10-7;1-8(6,7)2(3,4)5;1-5(2,3)4;1-2-3;/h2,10-11,13H,1,3-9H2;2,7H,1,3-6H2;1H2;1H2,2H3;3H,2H2,1H3;. The predicted octanol–water partition coefficient (Wildman–Crippen LogP) is 1.14. The molecule has 3 unspecified atom stereocenters. The van der Waals surface area contributed by atoms with E-state index in [2.05, 4.69) is 13.2 Å². The summed E-state index contributed by atoms with van der Waals surface area (Å²) in [5.74, 6) is -0.426. The number of sulfone groups is 2. The molecule has 2 saturated heterocycles. The molecule has 0 aromatic carbocycles. The quantitative estimate of drug-likeness (QED) is 0.0818. The minimum absolute atomic E-state index is 0.166. The number of ether oxygens (including phenoxy) is 5. The minimum atomic E-state index is -5.26. The predicted molar refractivity (Wildman–Crippen MR) is 160 cm³/mol. The summed E-state index contributed by atoms with van der Waals surface area (Å²) in [6.07, 6.45) is 6.49. The average Bonchev–Trinajstić information content (AvgIpc) is 3.85. The molecule has 2 N–H and O–H groups in total. The van der Waals surface area contributed by atoms with E-state index in [1.54, 1.807) is 19.1 Å². The zero-order valence-corrected chi connectivity index (χ0v) is 30.0. The number of halogens is 3. The third-order valence-corrected chi connectivity index (χ3v) is 17.9. The summed E-state index contributed by atoms with van der Waals surface area (Å²) < 4.78 is 101. The van der Waals surface area contributed by atoms with Gasteiger partial charge in [-0.05, 0) is 19.8 Å². The molecule has 2 heterocycles. The molecule has 0 aromatic heterocycles. The molecule has 0 spiro atoms. The number of carbonyl (C=O) groups is 2. The molecular formula is C26H45F3O13S2Sn. The van der Waals surface area contributed by atoms with Crippen LogP contribution in [0.3, 0.4) is 0 Å². The molecule has 45 heavy (non-hydrogen) atoms. The molecule has 0 aliphatic carbocycles. The van der Waals surface area contributed by atoms with Gasteiger partial charge in [-0.3, -0.25) is 9.59 Å². The summed E-state index contributed by atoms with van der Waals surface area (Å²) >= 11 is -2.05. The molecule has 0 saturated carbocycles. The van der Waals surface area contributed by atoms with E-state index in [0.29, 0.717) is 45.3 Å². The number of rotatable bonds is 19. The van der Waals surface area contributed by atoms with E-state index in [1.165, 1.54) is 0 Å². The van der Waals surface area contributed by atoms with E-state index >= 15 is 0 Å². The normalized spacial score (nSPS) is 17.4. The van der Waals surface area contributed by atoms with E-state index in [1.807, 2.05) is 0 Å². The van der Waals surface area contributed by atoms with Crippen LogP contribution in [-0.2, 0) is 52.9 Å². The first kappa shape index (κ1) is 45.8. The number of allylic oxidation sites excluding steroid dienone is 2. The fourth-order valence-electron chi connectivity index (χ4n) is 2.27. The fraction of sp³-hybridized carbons (Fsp3) is 0.769. The third-order valence-electron chi connectivity index (χ3n) is 4.68. The molecule has 3 atom stereocenters. The molecule has 13 nitrogen and oxygen atoms in total. The first-order valence-corrected chi connectivity index (χ1v) is 21.5. The Morgan fingerprint density at radius 2 is 1.44 bits per heavy atom. The SMILES string of the molecule is C=CCCC(=O)OCC1CO1.C=CCCC(=O)OCCC(O)COCC1CO1.CCO.CS(=O)(=O)[CH2][Sn][CH2]S(=O)(=O)C(F)(F)F. The van der Waals surface area contributed by atoms with E-state index < -0.39 is 60.0 Å². The number of hydrogen-bond donors (Lipinski definition) is 2. The summed E-state index contributed by atoms with van der Waals surface area (Å²) in [4.78, 5) is 21.9. The fourth-order valence-corrected chi connectivity index (χ4v) is 12.4. The first-order valence-electron chi connectivity index (χ1n) is 13.7. The number of epoxide rings is 2. The van der Waals surface area contributed by atoms with E-state index in [4.69, 9.17) is 28.8 Å². The van der Waals surface area contributed by atoms with Gasteiger partial charge in [0.05, 0.1) is 39.1 Å². The molecule has 19 heteroatoms. The van der Waals surface area contributed by atoms with Crippen LogP contribution in [0.25, 0.3) is 0 Å². The van der Waals surface area contributed by atoms with Crippen molar-refractivity contribution in [3.63, 3.8) is 0 Å². The van der Waals surface area contributed by atoms with Crippen LogP contribution in [0.2, 0.25) is 0 Å². The van der Waals surface area contributed by atoms with Crippen molar-refractivity contribution < 1.29 is 73.5 Å². The van der Waals surface area contributed by atoms with Crippen molar-refractivity contribution in [2.24, 2.45) is 0 Å². The number of alkyl halides is 3. The number of aliphatic hydroxyl groups is 2. The molecule has 2 radical (unpaired) electrons. The third kappa shape index (κ3) is 32.4. The molecule has 2 aliphatic rings. The van der Waals surface area contributed by atoms with Gasteiger partial charge < -0.3 is 33.9 Å². The Kier molecular flexibility index (Phi) is 26.2. The Balaban J connectivity index is 0. The van der Waals surface area contributed by atoms with Crippen molar-refractivity contribution in [3.05, 3.63) is 25.3 Å². The van der Waals surface area contributed by atoms with Crippen molar-refractivity contribution in [3.8, 4) is 0 Å². The van der Waals surface area contributed by atoms with Gasteiger partial charge in [-0.2, -0.15) is 0 Å². The van der Waals surface area contributed by atoms with Crippen LogP contribution in [0, 0.1) is 0 Å². The van der Waals surface area contributed by atoms with Crippen LogP contribution in [0.5, 0.6) is 0 Å². The first-order chi connectivity index (χ1) is 20.9. The molecule has 2 rings (SSSR count). The van der Waals surface area contributed by atoms with Crippen LogP contribution in [0.4, 0.5) is 13.2 Å². The van der Waals surface area contributed by atoms with Crippen LogP contribution in [-0.4, -0.2) is 144 Å². The van der Waals surface area contributed by atoms with Gasteiger partial charge in [0, 0.05) is 25.9 Å². The number of esters is 2. The molecule has 0 aromatic rings. The summed E-state index contributed by atoms with van der Waals surface area (Å²) in [7, 11) is -8.46. The van der Waals surface area contributed by atoms with E-state index in [0.717, 1.165) is 19.5 Å². The van der Waals surface area contributed by atoms with Crippen molar-refractivity contribution in [2.75, 3.05) is 60.0 Å². The summed E-state index contributed by atoms with van der Waals surface area (Å²) in [5.41, 5.74) is -5.26. The van der Waals surface area contributed by atoms with Gasteiger partial charge >= 0.3 is 102 Å². The second-order valence-electron chi connectivity index (χ2n) is 9.29. The summed E-state index contributed by atoms with van der Waals surface area (Å²) in [6.45, 7) is 11.8. The van der Waals surface area contributed by atoms with Crippen LogP contribution >= 0.6 is 0 Å². The molecule has 0 amide bonds. The topological polar surface area (TPSA) is 196 Å². The number of aliphatic hydroxyl groups excluding tert-OH is 2. The van der Waals surface area contributed by atoms with Gasteiger partial charge in [-0.15, -0.1) is 13.2 Å². The maximum absolute atomic E-state index is 11.7. The summed E-state index contributed by atoms with van der Waals surface area (Å²) in [5, 5.41) is 17.1. The Labute approximate surface area is 273 Å². The molecule has 2 fully saturated rings. The van der Waals surface area contributed by atoms with Gasteiger partial charge in [-0.1, -0.05) is 12.2 Å². The van der Waals surface area contributed by atoms with Gasteiger partial charge in [0.25, 0.3) is 0 Å².